The van der Waals surface area contributed by atoms with Gasteiger partial charge in [-0.25, -0.2) is 0 Å². The van der Waals surface area contributed by atoms with Crippen LogP contribution >= 0.6 is 0 Å². The summed E-state index contributed by atoms with van der Waals surface area (Å²) >= 11 is 0. The van der Waals surface area contributed by atoms with Crippen molar-refractivity contribution in [2.24, 2.45) is 11.8 Å². The Hall–Kier alpha value is -1.02. The number of anilines is 1. The van der Waals surface area contributed by atoms with Crippen molar-refractivity contribution in [1.29, 1.82) is 0 Å². The van der Waals surface area contributed by atoms with Gasteiger partial charge in [0.2, 0.25) is 0 Å². The first-order valence-electron chi connectivity index (χ1n) is 7.25. The Balaban J connectivity index is 1.49. The first kappa shape index (κ1) is 12.0. The molecule has 3 rings (SSSR count). The topological polar surface area (TPSA) is 15.3 Å². The van der Waals surface area contributed by atoms with Crippen molar-refractivity contribution < 1.29 is 0 Å². The normalized spacial score (nSPS) is 29.2. The van der Waals surface area contributed by atoms with Crippen molar-refractivity contribution >= 4 is 5.69 Å². The molecule has 3 unspecified atom stereocenters. The summed E-state index contributed by atoms with van der Waals surface area (Å²) in [7, 11) is 2.28. The van der Waals surface area contributed by atoms with E-state index in [0.717, 1.165) is 18.4 Å². The summed E-state index contributed by atoms with van der Waals surface area (Å²) in [4.78, 5) is 2.52. The highest BCUT2D eigenvalue weighted by Gasteiger charge is 2.33. The first-order chi connectivity index (χ1) is 8.74. The van der Waals surface area contributed by atoms with Gasteiger partial charge in [-0.2, -0.15) is 0 Å². The molecule has 0 radical (unpaired) electrons. The van der Waals surface area contributed by atoms with E-state index in [1.807, 2.05) is 0 Å². The number of benzene rings is 1. The highest BCUT2D eigenvalue weighted by atomic mass is 15.1. The monoisotopic (exact) mass is 244 g/mol. The SMILES string of the molecule is CC1CC1CN(C)CCC1CNc2ccccc21. The molecule has 0 amide bonds. The van der Waals surface area contributed by atoms with Crippen molar-refractivity contribution in [2.75, 3.05) is 32.0 Å². The second-order valence-electron chi connectivity index (χ2n) is 6.19. The number of nitrogens with zero attached hydrogens (tertiary/aromatic N) is 1. The lowest BCUT2D eigenvalue weighted by molar-refractivity contribution is 0.303. The van der Waals surface area contributed by atoms with Crippen LogP contribution in [0, 0.1) is 11.8 Å². The molecule has 1 saturated carbocycles. The zero-order valence-corrected chi connectivity index (χ0v) is 11.5. The minimum absolute atomic E-state index is 0.709. The molecule has 2 heteroatoms. The van der Waals surface area contributed by atoms with Crippen LogP contribution in [0.3, 0.4) is 0 Å². The van der Waals surface area contributed by atoms with E-state index in [-0.39, 0.29) is 0 Å². The van der Waals surface area contributed by atoms with Gasteiger partial charge in [-0.05, 0) is 49.9 Å². The molecular weight excluding hydrogens is 220 g/mol. The van der Waals surface area contributed by atoms with Crippen molar-refractivity contribution in [3.63, 3.8) is 0 Å². The standard InChI is InChI=1S/C16H24N2/c1-12-9-14(12)11-18(2)8-7-13-10-17-16-6-4-3-5-15(13)16/h3-6,12-14,17H,7-11H2,1-2H3. The van der Waals surface area contributed by atoms with Crippen molar-refractivity contribution in [2.45, 2.75) is 25.7 Å². The van der Waals surface area contributed by atoms with Gasteiger partial charge in [-0.3, -0.25) is 0 Å². The molecule has 0 saturated heterocycles. The second kappa shape index (κ2) is 4.93. The van der Waals surface area contributed by atoms with Crippen LogP contribution in [0.2, 0.25) is 0 Å². The van der Waals surface area contributed by atoms with E-state index >= 15 is 0 Å². The summed E-state index contributed by atoms with van der Waals surface area (Å²) in [5.41, 5.74) is 2.87. The summed E-state index contributed by atoms with van der Waals surface area (Å²) in [6, 6.07) is 8.76. The van der Waals surface area contributed by atoms with Crippen LogP contribution < -0.4 is 5.32 Å². The van der Waals surface area contributed by atoms with Crippen LogP contribution in [0.5, 0.6) is 0 Å². The van der Waals surface area contributed by atoms with E-state index in [9.17, 15) is 0 Å². The molecule has 0 bridgehead atoms. The van der Waals surface area contributed by atoms with E-state index in [4.69, 9.17) is 0 Å². The Kier molecular flexibility index (Phi) is 3.29. The highest BCUT2D eigenvalue weighted by Crippen LogP contribution is 2.38. The molecule has 2 aliphatic rings. The van der Waals surface area contributed by atoms with Crippen LogP contribution in [-0.4, -0.2) is 31.6 Å². The fourth-order valence-corrected chi connectivity index (χ4v) is 3.14. The maximum atomic E-state index is 3.52. The fraction of sp³-hybridized carbons (Fsp3) is 0.625. The maximum Gasteiger partial charge on any atom is 0.0376 e. The number of rotatable bonds is 5. The van der Waals surface area contributed by atoms with Crippen molar-refractivity contribution in [3.8, 4) is 0 Å². The molecule has 1 N–H and O–H groups in total. The maximum absolute atomic E-state index is 3.52. The largest absolute Gasteiger partial charge is 0.384 e. The molecule has 1 aromatic carbocycles. The molecular formula is C16H24N2. The molecule has 1 aliphatic heterocycles. The van der Waals surface area contributed by atoms with E-state index in [1.165, 1.54) is 37.2 Å². The van der Waals surface area contributed by atoms with E-state index < -0.39 is 0 Å². The minimum atomic E-state index is 0.709. The summed E-state index contributed by atoms with van der Waals surface area (Å²) in [6.45, 7) is 6.01. The van der Waals surface area contributed by atoms with Gasteiger partial charge in [0, 0.05) is 24.7 Å². The molecule has 0 spiro atoms. The Morgan fingerprint density at radius 3 is 2.89 bits per heavy atom. The number of hydrogen-bond acceptors (Lipinski definition) is 2. The molecule has 0 aromatic heterocycles. The van der Waals surface area contributed by atoms with E-state index in [2.05, 4.69) is 48.5 Å². The van der Waals surface area contributed by atoms with Gasteiger partial charge in [0.1, 0.15) is 0 Å². The van der Waals surface area contributed by atoms with E-state index in [1.54, 1.807) is 0 Å². The third-order valence-electron chi connectivity index (χ3n) is 4.62. The molecule has 3 atom stereocenters. The molecule has 1 aromatic rings. The Morgan fingerprint density at radius 2 is 2.11 bits per heavy atom. The number of hydrogen-bond donors (Lipinski definition) is 1. The van der Waals surface area contributed by atoms with Gasteiger partial charge in [0.05, 0.1) is 0 Å². The minimum Gasteiger partial charge on any atom is -0.384 e. The lowest BCUT2D eigenvalue weighted by Gasteiger charge is -2.19. The molecule has 18 heavy (non-hydrogen) atoms. The average molecular weight is 244 g/mol. The van der Waals surface area contributed by atoms with Crippen molar-refractivity contribution in [3.05, 3.63) is 29.8 Å². The van der Waals surface area contributed by atoms with Gasteiger partial charge in [0.25, 0.3) is 0 Å². The fourth-order valence-electron chi connectivity index (χ4n) is 3.14. The van der Waals surface area contributed by atoms with Gasteiger partial charge >= 0.3 is 0 Å². The molecule has 2 nitrogen and oxygen atoms in total. The average Bonchev–Trinajstić information content (AvgIpc) is 2.91. The summed E-state index contributed by atoms with van der Waals surface area (Å²) in [5, 5.41) is 3.52. The third-order valence-corrected chi connectivity index (χ3v) is 4.62. The summed E-state index contributed by atoms with van der Waals surface area (Å²) in [6.07, 6.45) is 2.72. The second-order valence-corrected chi connectivity index (χ2v) is 6.19. The van der Waals surface area contributed by atoms with Crippen LogP contribution in [0.1, 0.15) is 31.2 Å². The smallest absolute Gasteiger partial charge is 0.0376 e. The molecule has 1 fully saturated rings. The van der Waals surface area contributed by atoms with E-state index in [0.29, 0.717) is 5.92 Å². The van der Waals surface area contributed by atoms with Gasteiger partial charge < -0.3 is 10.2 Å². The number of fused-ring (bicyclic) bond motifs is 1. The van der Waals surface area contributed by atoms with Gasteiger partial charge in [-0.15, -0.1) is 0 Å². The van der Waals surface area contributed by atoms with Crippen LogP contribution in [0.4, 0.5) is 5.69 Å². The molecule has 1 heterocycles. The lowest BCUT2D eigenvalue weighted by Crippen LogP contribution is -2.24. The van der Waals surface area contributed by atoms with Crippen LogP contribution in [-0.2, 0) is 0 Å². The number of nitrogens with one attached hydrogen (secondary N) is 1. The third kappa shape index (κ3) is 2.54. The van der Waals surface area contributed by atoms with Gasteiger partial charge in [0.15, 0.2) is 0 Å². The lowest BCUT2D eigenvalue weighted by atomic mass is 9.98. The van der Waals surface area contributed by atoms with Crippen molar-refractivity contribution in [1.82, 2.24) is 4.90 Å². The quantitative estimate of drug-likeness (QED) is 0.856. The zero-order valence-electron chi connectivity index (χ0n) is 11.5. The Bertz CT molecular complexity index is 415. The van der Waals surface area contributed by atoms with Crippen LogP contribution in [0.25, 0.3) is 0 Å². The zero-order chi connectivity index (χ0) is 12.5. The van der Waals surface area contributed by atoms with Gasteiger partial charge in [-0.1, -0.05) is 25.1 Å². The Labute approximate surface area is 110 Å². The summed E-state index contributed by atoms with van der Waals surface area (Å²) < 4.78 is 0. The van der Waals surface area contributed by atoms with Crippen LogP contribution in [0.15, 0.2) is 24.3 Å². The molecule has 1 aliphatic carbocycles. The summed E-state index contributed by atoms with van der Waals surface area (Å²) in [5.74, 6) is 2.66. The first-order valence-corrected chi connectivity index (χ1v) is 7.25. The molecule has 98 valence electrons. The number of para-hydroxylation sites is 1. The predicted octanol–water partition coefficient (Wildman–Crippen LogP) is 3.17. The highest BCUT2D eigenvalue weighted by molar-refractivity contribution is 5.57. The predicted molar refractivity (Wildman–Crippen MR) is 77.1 cm³/mol. The Morgan fingerprint density at radius 1 is 1.33 bits per heavy atom.